The molecular formula is C12H11BrCl2N2O3. The highest BCUT2D eigenvalue weighted by molar-refractivity contribution is 9.10. The van der Waals surface area contributed by atoms with Gasteiger partial charge < -0.3 is 15.7 Å². The number of aliphatic carboxylic acids is 1. The lowest BCUT2D eigenvalue weighted by Gasteiger charge is -2.15. The Morgan fingerprint density at radius 1 is 1.40 bits per heavy atom. The number of carboxylic acid groups (broad SMARTS) is 1. The first-order chi connectivity index (χ1) is 9.35. The minimum Gasteiger partial charge on any atom is -0.480 e. The molecule has 1 rings (SSSR count). The molecule has 8 heteroatoms. The van der Waals surface area contributed by atoms with E-state index in [-0.39, 0.29) is 22.2 Å². The van der Waals surface area contributed by atoms with Gasteiger partial charge in [-0.1, -0.05) is 45.2 Å². The van der Waals surface area contributed by atoms with E-state index in [0.717, 1.165) is 0 Å². The summed E-state index contributed by atoms with van der Waals surface area (Å²) in [6.45, 7) is 3.43. The Bertz CT molecular complexity index is 528. The average molecular weight is 382 g/mol. The number of hydrogen-bond acceptors (Lipinski definition) is 2. The average Bonchev–Trinajstić information content (AvgIpc) is 2.33. The first kappa shape index (κ1) is 16.8. The maximum atomic E-state index is 11.7. The summed E-state index contributed by atoms with van der Waals surface area (Å²) in [6.07, 6.45) is 1.50. The number of benzene rings is 1. The van der Waals surface area contributed by atoms with Crippen LogP contribution in [-0.4, -0.2) is 23.1 Å². The van der Waals surface area contributed by atoms with Crippen molar-refractivity contribution in [2.75, 3.05) is 5.32 Å². The van der Waals surface area contributed by atoms with Gasteiger partial charge >= 0.3 is 12.0 Å². The Morgan fingerprint density at radius 3 is 2.40 bits per heavy atom. The van der Waals surface area contributed by atoms with Gasteiger partial charge in [0.15, 0.2) is 0 Å². The Balaban J connectivity index is 2.81. The van der Waals surface area contributed by atoms with Gasteiger partial charge in [0.1, 0.15) is 6.04 Å². The second-order valence-corrected chi connectivity index (χ2v) is 5.49. The van der Waals surface area contributed by atoms with Crippen molar-refractivity contribution in [1.82, 2.24) is 5.32 Å². The van der Waals surface area contributed by atoms with Crippen molar-refractivity contribution in [2.24, 2.45) is 0 Å². The van der Waals surface area contributed by atoms with E-state index in [9.17, 15) is 9.59 Å². The zero-order valence-electron chi connectivity index (χ0n) is 10.1. The van der Waals surface area contributed by atoms with E-state index in [4.69, 9.17) is 28.3 Å². The third-order valence-corrected chi connectivity index (χ3v) is 3.31. The second-order valence-electron chi connectivity index (χ2n) is 3.76. The number of halogens is 3. The number of carbonyl (C=O) groups excluding carboxylic acids is 1. The first-order valence-electron chi connectivity index (χ1n) is 5.41. The lowest BCUT2D eigenvalue weighted by Crippen LogP contribution is -2.42. The predicted octanol–water partition coefficient (Wildman–Crippen LogP) is 3.91. The molecular weight excluding hydrogens is 371 g/mol. The highest BCUT2D eigenvalue weighted by atomic mass is 79.9. The number of nitrogens with one attached hydrogen (secondary N) is 2. The lowest BCUT2D eigenvalue weighted by molar-refractivity contribution is -0.139. The number of urea groups is 1. The Labute approximate surface area is 134 Å². The van der Waals surface area contributed by atoms with Crippen molar-refractivity contribution in [3.63, 3.8) is 0 Å². The molecule has 1 aromatic rings. The molecule has 108 valence electrons. The summed E-state index contributed by atoms with van der Waals surface area (Å²) in [6, 6.07) is 1.33. The topological polar surface area (TPSA) is 78.4 Å². The number of amides is 2. The molecule has 1 aromatic carbocycles. The normalized spacial score (nSPS) is 11.6. The van der Waals surface area contributed by atoms with E-state index in [1.165, 1.54) is 6.08 Å². The summed E-state index contributed by atoms with van der Waals surface area (Å²) in [4.78, 5) is 22.6. The number of carboxylic acids is 1. The van der Waals surface area contributed by atoms with Gasteiger partial charge in [0, 0.05) is 4.47 Å². The number of anilines is 1. The summed E-state index contributed by atoms with van der Waals surface area (Å²) in [5, 5.41) is 14.1. The fraction of sp³-hybridized carbons (Fsp3) is 0.167. The number of hydrogen-bond donors (Lipinski definition) is 3. The van der Waals surface area contributed by atoms with Gasteiger partial charge in [0.05, 0.1) is 15.7 Å². The van der Waals surface area contributed by atoms with Crippen LogP contribution in [0, 0.1) is 0 Å². The van der Waals surface area contributed by atoms with E-state index in [2.05, 4.69) is 33.1 Å². The van der Waals surface area contributed by atoms with Gasteiger partial charge in [-0.25, -0.2) is 9.59 Å². The summed E-state index contributed by atoms with van der Waals surface area (Å²) in [5.74, 6) is -1.16. The van der Waals surface area contributed by atoms with Crippen molar-refractivity contribution in [2.45, 2.75) is 12.5 Å². The minimum absolute atomic E-state index is 0.102. The van der Waals surface area contributed by atoms with E-state index in [0.29, 0.717) is 4.47 Å². The Morgan fingerprint density at radius 2 is 1.95 bits per heavy atom. The van der Waals surface area contributed by atoms with Crippen LogP contribution in [0.25, 0.3) is 0 Å². The largest absolute Gasteiger partial charge is 0.480 e. The molecule has 0 aromatic heterocycles. The molecule has 0 aliphatic heterocycles. The molecule has 0 saturated heterocycles. The molecule has 2 amide bonds. The van der Waals surface area contributed by atoms with Crippen LogP contribution < -0.4 is 10.6 Å². The van der Waals surface area contributed by atoms with Gasteiger partial charge in [-0.05, 0) is 18.6 Å². The molecule has 1 atom stereocenters. The zero-order chi connectivity index (χ0) is 15.3. The SMILES string of the molecule is C=CCC(NC(=O)Nc1c(Cl)cc(Br)cc1Cl)C(=O)O. The fourth-order valence-corrected chi connectivity index (χ4v) is 2.66. The van der Waals surface area contributed by atoms with Crippen LogP contribution in [0.2, 0.25) is 10.0 Å². The lowest BCUT2D eigenvalue weighted by atomic mass is 10.2. The van der Waals surface area contributed by atoms with Crippen LogP contribution in [0.1, 0.15) is 6.42 Å². The molecule has 0 saturated carbocycles. The van der Waals surface area contributed by atoms with Crippen molar-refractivity contribution >= 4 is 56.8 Å². The molecule has 20 heavy (non-hydrogen) atoms. The molecule has 0 bridgehead atoms. The van der Waals surface area contributed by atoms with Crippen LogP contribution in [0.5, 0.6) is 0 Å². The summed E-state index contributed by atoms with van der Waals surface area (Å²) in [7, 11) is 0. The van der Waals surface area contributed by atoms with Crippen molar-refractivity contribution in [3.8, 4) is 0 Å². The van der Waals surface area contributed by atoms with Crippen LogP contribution >= 0.6 is 39.1 Å². The van der Waals surface area contributed by atoms with Crippen molar-refractivity contribution in [3.05, 3.63) is 39.3 Å². The van der Waals surface area contributed by atoms with E-state index >= 15 is 0 Å². The van der Waals surface area contributed by atoms with E-state index < -0.39 is 18.0 Å². The quantitative estimate of drug-likeness (QED) is 0.676. The monoisotopic (exact) mass is 380 g/mol. The maximum Gasteiger partial charge on any atom is 0.326 e. The van der Waals surface area contributed by atoms with Crippen LogP contribution in [0.15, 0.2) is 29.3 Å². The Kier molecular flexibility index (Phi) is 6.32. The second kappa shape index (κ2) is 7.52. The minimum atomic E-state index is -1.16. The number of rotatable bonds is 5. The van der Waals surface area contributed by atoms with Crippen LogP contribution in [0.4, 0.5) is 10.5 Å². The van der Waals surface area contributed by atoms with Crippen molar-refractivity contribution < 1.29 is 14.7 Å². The molecule has 0 spiro atoms. The van der Waals surface area contributed by atoms with E-state index in [1.54, 1.807) is 12.1 Å². The van der Waals surface area contributed by atoms with E-state index in [1.807, 2.05) is 0 Å². The Hall–Kier alpha value is -1.24. The standard InChI is InChI=1S/C12H11BrCl2N2O3/c1-2-3-9(11(18)19)16-12(20)17-10-7(14)4-6(13)5-8(10)15/h2,4-5,9H,1,3H2,(H,18,19)(H2,16,17,20). The molecule has 0 aliphatic rings. The first-order valence-corrected chi connectivity index (χ1v) is 6.95. The third kappa shape index (κ3) is 4.70. The molecule has 3 N–H and O–H groups in total. The maximum absolute atomic E-state index is 11.7. The summed E-state index contributed by atoms with van der Waals surface area (Å²) in [5.41, 5.74) is 0.205. The molecule has 0 fully saturated rings. The molecule has 1 unspecified atom stereocenters. The highest BCUT2D eigenvalue weighted by Crippen LogP contribution is 2.33. The van der Waals surface area contributed by atoms with Crippen LogP contribution in [0.3, 0.4) is 0 Å². The van der Waals surface area contributed by atoms with Gasteiger partial charge in [0.25, 0.3) is 0 Å². The van der Waals surface area contributed by atoms with Gasteiger partial charge in [0.2, 0.25) is 0 Å². The number of carbonyl (C=O) groups is 2. The molecule has 0 heterocycles. The predicted molar refractivity (Wildman–Crippen MR) is 82.6 cm³/mol. The third-order valence-electron chi connectivity index (χ3n) is 2.25. The molecule has 0 aliphatic carbocycles. The summed E-state index contributed by atoms with van der Waals surface area (Å²) >= 11 is 15.1. The molecule has 5 nitrogen and oxygen atoms in total. The van der Waals surface area contributed by atoms with Gasteiger partial charge in [-0.3, -0.25) is 0 Å². The van der Waals surface area contributed by atoms with Gasteiger partial charge in [-0.2, -0.15) is 0 Å². The molecule has 0 radical (unpaired) electrons. The highest BCUT2D eigenvalue weighted by Gasteiger charge is 2.19. The fourth-order valence-electron chi connectivity index (χ4n) is 1.36. The van der Waals surface area contributed by atoms with Gasteiger partial charge in [-0.15, -0.1) is 6.58 Å². The zero-order valence-corrected chi connectivity index (χ0v) is 13.2. The smallest absolute Gasteiger partial charge is 0.326 e. The van der Waals surface area contributed by atoms with Crippen molar-refractivity contribution in [1.29, 1.82) is 0 Å². The summed E-state index contributed by atoms with van der Waals surface area (Å²) < 4.78 is 0.661. The van der Waals surface area contributed by atoms with Crippen LogP contribution in [-0.2, 0) is 4.79 Å².